The predicted molar refractivity (Wildman–Crippen MR) is 344 cm³/mol. The van der Waals surface area contributed by atoms with Crippen LogP contribution in [0.4, 0.5) is 22.7 Å². The Morgan fingerprint density at radius 3 is 0.989 bits per heavy atom. The molecule has 0 unspecified atom stereocenters. The number of carbonyl (C=O) groups is 4. The molecule has 0 fully saturated rings. The Balaban J connectivity index is 1.72. The van der Waals surface area contributed by atoms with Gasteiger partial charge in [0.2, 0.25) is 11.8 Å². The van der Waals surface area contributed by atoms with Crippen LogP contribution in [0.1, 0.15) is 222 Å². The van der Waals surface area contributed by atoms with Gasteiger partial charge in [-0.15, -0.1) is 20.5 Å². The minimum absolute atomic E-state index is 0.0220. The second-order valence-electron chi connectivity index (χ2n) is 22.2. The largest absolute Gasteiger partial charge is 0.493 e. The van der Waals surface area contributed by atoms with Gasteiger partial charge < -0.3 is 29.8 Å². The zero-order valence-electron chi connectivity index (χ0n) is 53.5. The summed E-state index contributed by atoms with van der Waals surface area (Å²) in [5.41, 5.74) is -2.85. The first-order chi connectivity index (χ1) is 42.5. The van der Waals surface area contributed by atoms with Gasteiger partial charge in [0.1, 0.15) is 23.3 Å². The van der Waals surface area contributed by atoms with Crippen molar-refractivity contribution >= 4 is 46.4 Å². The SMILES string of the molecule is CCCCN(CCCC)C(=O)c1ccc(C(=O)N(CCCC)CCCC)c(N=Nc2c(C)c(C#N)c(=O)n(-c3cccc(-n4c(O)c(N=Nc5cc(C(=O)N(CCCC)CCCC)ccc5C(=O)N(CCCC)CCCC)c(C)c(C#N)c4=O)c3)c2O)c1. The fourth-order valence-electron chi connectivity index (χ4n) is 10.1. The van der Waals surface area contributed by atoms with Crippen molar-refractivity contribution in [2.75, 3.05) is 52.4 Å². The normalized spacial score (nSPS) is 11.3. The van der Waals surface area contributed by atoms with Crippen LogP contribution >= 0.6 is 0 Å². The summed E-state index contributed by atoms with van der Waals surface area (Å²) < 4.78 is 1.58. The highest BCUT2D eigenvalue weighted by molar-refractivity contribution is 6.03. The third-order valence-electron chi connectivity index (χ3n) is 15.6. The van der Waals surface area contributed by atoms with Gasteiger partial charge in [-0.25, -0.2) is 9.13 Å². The number of nitriles is 2. The Morgan fingerprint density at radius 1 is 0.432 bits per heavy atom. The number of aromatic hydroxyl groups is 2. The Morgan fingerprint density at radius 2 is 0.716 bits per heavy atom. The second-order valence-corrected chi connectivity index (χ2v) is 22.2. The fraction of sp³-hybridized carbons (Fsp3) is 0.500. The summed E-state index contributed by atoms with van der Waals surface area (Å²) in [5.74, 6) is -2.72. The van der Waals surface area contributed by atoms with Crippen LogP contribution in [0.2, 0.25) is 0 Å². The molecule has 0 aliphatic heterocycles. The minimum atomic E-state index is -0.973. The van der Waals surface area contributed by atoms with Crippen LogP contribution in [0.5, 0.6) is 11.8 Å². The molecule has 20 heteroatoms. The molecule has 5 rings (SSSR count). The summed E-state index contributed by atoms with van der Waals surface area (Å²) in [4.78, 5) is 93.3. The van der Waals surface area contributed by atoms with Crippen LogP contribution in [-0.2, 0) is 0 Å². The molecule has 0 aliphatic rings. The average molecular weight is 1200 g/mol. The van der Waals surface area contributed by atoms with E-state index in [1.54, 1.807) is 43.9 Å². The van der Waals surface area contributed by atoms with E-state index >= 15 is 0 Å². The van der Waals surface area contributed by atoms with E-state index in [1.807, 2.05) is 67.5 Å². The highest BCUT2D eigenvalue weighted by Gasteiger charge is 2.28. The quantitative estimate of drug-likeness (QED) is 0.0368. The molecule has 4 amide bonds. The number of nitrogens with zero attached hydrogens (tertiary/aromatic N) is 12. The Labute approximate surface area is 518 Å². The van der Waals surface area contributed by atoms with Gasteiger partial charge in [-0.1, -0.05) is 113 Å². The number of rotatable bonds is 34. The maximum absolute atomic E-state index is 14.5. The van der Waals surface area contributed by atoms with Gasteiger partial charge in [-0.05, 0) is 120 Å². The van der Waals surface area contributed by atoms with Gasteiger partial charge >= 0.3 is 0 Å². The van der Waals surface area contributed by atoms with E-state index in [9.17, 15) is 49.5 Å². The summed E-state index contributed by atoms with van der Waals surface area (Å²) in [5, 5.41) is 63.4. The molecule has 0 radical (unpaired) electrons. The molecule has 20 nitrogen and oxygen atoms in total. The van der Waals surface area contributed by atoms with Crippen LogP contribution in [0, 0.1) is 36.5 Å². The molecule has 0 saturated carbocycles. The van der Waals surface area contributed by atoms with Gasteiger partial charge in [-0.2, -0.15) is 10.5 Å². The standard InChI is InChI=1S/C68H90N12O8/c1-11-19-34-75(35-20-12-2)61(81)49-30-32-53(63(83)77(38-23-15-5)39-24-16-6)57(42-49)71-73-59-47(9)55(45-69)65(85)79(67(59)87)51-28-27-29-52(44-51)80-66(86)56(46-70)48(10)60(68(80)88)74-72-58-43-50(62(82)76(36-21-13-3)37-22-14-4)31-33-54(58)64(84)78(40-25-17-7)41-26-18-8/h27-33,42-44,87-88H,11-26,34-41H2,1-10H3. The molecular formula is C68H90N12O8. The average Bonchev–Trinajstić information content (AvgIpc) is 2.77. The lowest BCUT2D eigenvalue weighted by molar-refractivity contribution is 0.0739. The fourth-order valence-corrected chi connectivity index (χ4v) is 10.1. The van der Waals surface area contributed by atoms with E-state index < -0.39 is 34.0 Å². The third kappa shape index (κ3) is 17.3. The van der Waals surface area contributed by atoms with Gasteiger partial charge in [0.15, 0.2) is 11.4 Å². The van der Waals surface area contributed by atoms with E-state index in [0.717, 1.165) is 112 Å². The van der Waals surface area contributed by atoms with Crippen molar-refractivity contribution in [1.82, 2.24) is 28.7 Å². The molecule has 470 valence electrons. The van der Waals surface area contributed by atoms with Crippen molar-refractivity contribution in [2.45, 2.75) is 172 Å². The summed E-state index contributed by atoms with van der Waals surface area (Å²) in [6, 6.07) is 18.7. The van der Waals surface area contributed by atoms with E-state index in [-0.39, 0.29) is 91.1 Å². The third-order valence-corrected chi connectivity index (χ3v) is 15.6. The van der Waals surface area contributed by atoms with Crippen molar-refractivity contribution in [2.24, 2.45) is 20.5 Å². The Bertz CT molecular complexity index is 3260. The second kappa shape index (κ2) is 35.1. The summed E-state index contributed by atoms with van der Waals surface area (Å²) in [7, 11) is 0. The zero-order valence-corrected chi connectivity index (χ0v) is 53.5. The molecule has 0 spiro atoms. The molecule has 2 N–H and O–H groups in total. The van der Waals surface area contributed by atoms with Crippen molar-refractivity contribution in [1.29, 1.82) is 10.5 Å². The summed E-state index contributed by atoms with van der Waals surface area (Å²) >= 11 is 0. The molecule has 0 aliphatic carbocycles. The van der Waals surface area contributed by atoms with Crippen LogP contribution in [0.25, 0.3) is 11.4 Å². The number of azo groups is 2. The zero-order chi connectivity index (χ0) is 64.5. The van der Waals surface area contributed by atoms with Gasteiger partial charge in [0.25, 0.3) is 34.7 Å². The predicted octanol–water partition coefficient (Wildman–Crippen LogP) is 14.8. The molecule has 3 aromatic carbocycles. The first-order valence-corrected chi connectivity index (χ1v) is 31.6. The topological polar surface area (TPSA) is 263 Å². The number of carbonyl (C=O) groups excluding carboxylic acids is 4. The van der Waals surface area contributed by atoms with E-state index in [2.05, 4.69) is 20.5 Å². The number of aromatic nitrogens is 2. The number of hydrogen-bond acceptors (Lipinski definition) is 14. The first-order valence-electron chi connectivity index (χ1n) is 31.6. The van der Waals surface area contributed by atoms with Crippen molar-refractivity contribution in [3.8, 4) is 35.3 Å². The molecular weight excluding hydrogens is 1110 g/mol. The van der Waals surface area contributed by atoms with Gasteiger partial charge in [0.05, 0.1) is 33.9 Å². The lowest BCUT2D eigenvalue weighted by atomic mass is 10.1. The van der Waals surface area contributed by atoms with Gasteiger partial charge in [0, 0.05) is 74.6 Å². The number of benzene rings is 3. The lowest BCUT2D eigenvalue weighted by Crippen LogP contribution is -2.34. The maximum Gasteiger partial charge on any atom is 0.276 e. The number of amides is 4. The van der Waals surface area contributed by atoms with Gasteiger partial charge in [-0.3, -0.25) is 28.8 Å². The maximum atomic E-state index is 14.5. The molecule has 2 heterocycles. The molecule has 88 heavy (non-hydrogen) atoms. The Kier molecular flexibility index (Phi) is 27.9. The summed E-state index contributed by atoms with van der Waals surface area (Å²) in [6.07, 6.45) is 13.0. The van der Waals surface area contributed by atoms with Crippen LogP contribution in [-0.4, -0.2) is 115 Å². The van der Waals surface area contributed by atoms with Crippen molar-refractivity contribution < 1.29 is 29.4 Å². The molecule has 0 bridgehead atoms. The van der Waals surface area contributed by atoms with Crippen molar-refractivity contribution in [3.05, 3.63) is 126 Å². The smallest absolute Gasteiger partial charge is 0.276 e. The lowest BCUT2D eigenvalue weighted by Gasteiger charge is -2.24. The highest BCUT2D eigenvalue weighted by atomic mass is 16.3. The minimum Gasteiger partial charge on any atom is -0.493 e. The van der Waals surface area contributed by atoms with E-state index in [0.29, 0.717) is 52.4 Å². The first kappa shape index (κ1) is 70.0. The molecule has 0 saturated heterocycles. The Hall–Kier alpha value is -8.78. The molecule has 0 atom stereocenters. The number of pyridine rings is 2. The number of hydrogen-bond donors (Lipinski definition) is 2. The summed E-state index contributed by atoms with van der Waals surface area (Å²) in [6.45, 7) is 23.2. The van der Waals surface area contributed by atoms with Crippen LogP contribution < -0.4 is 11.1 Å². The monoisotopic (exact) mass is 1200 g/mol. The number of unbranched alkanes of at least 4 members (excludes halogenated alkanes) is 8. The van der Waals surface area contributed by atoms with Crippen molar-refractivity contribution in [3.63, 3.8) is 0 Å². The molecule has 2 aromatic heterocycles. The van der Waals surface area contributed by atoms with E-state index in [1.165, 1.54) is 50.2 Å². The van der Waals surface area contributed by atoms with Crippen LogP contribution in [0.15, 0.2) is 90.7 Å². The highest BCUT2D eigenvalue weighted by Crippen LogP contribution is 2.38. The van der Waals surface area contributed by atoms with E-state index in [4.69, 9.17) is 0 Å². The van der Waals surface area contributed by atoms with Crippen LogP contribution in [0.3, 0.4) is 0 Å². The molecule has 5 aromatic rings.